The lowest BCUT2D eigenvalue weighted by molar-refractivity contribution is 0.630. The molecule has 3 nitrogen and oxygen atoms in total. The van der Waals surface area contributed by atoms with Gasteiger partial charge in [0.15, 0.2) is 4.96 Å². The maximum absolute atomic E-state index is 13.6. The highest BCUT2D eigenvalue weighted by Gasteiger charge is 2.11. The van der Waals surface area contributed by atoms with Gasteiger partial charge in [-0.15, -0.1) is 11.3 Å². The molecule has 0 aliphatic rings. The molecule has 2 aromatic heterocycles. The zero-order valence-corrected chi connectivity index (χ0v) is 11.6. The SMILES string of the molecule is Cc1cn2c(CNc3ccccc3F)c(C)nc2s1. The molecule has 19 heavy (non-hydrogen) atoms. The summed E-state index contributed by atoms with van der Waals surface area (Å²) in [6, 6.07) is 6.70. The van der Waals surface area contributed by atoms with E-state index in [1.165, 1.54) is 10.9 Å². The van der Waals surface area contributed by atoms with Crippen LogP contribution in [0.1, 0.15) is 16.3 Å². The molecule has 98 valence electrons. The first-order valence-corrected chi connectivity index (χ1v) is 6.89. The molecule has 0 saturated carbocycles. The van der Waals surface area contributed by atoms with Crippen molar-refractivity contribution >= 4 is 22.0 Å². The number of para-hydroxylation sites is 1. The van der Waals surface area contributed by atoms with Crippen LogP contribution in [0.25, 0.3) is 4.96 Å². The Labute approximate surface area is 114 Å². The van der Waals surface area contributed by atoms with Crippen LogP contribution in [0.2, 0.25) is 0 Å². The standard InChI is InChI=1S/C14H14FN3S/c1-9-8-18-13(10(2)17-14(18)19-9)7-16-12-6-4-3-5-11(12)15/h3-6,8,16H,7H2,1-2H3. The number of anilines is 1. The Morgan fingerprint density at radius 1 is 1.32 bits per heavy atom. The van der Waals surface area contributed by atoms with Crippen LogP contribution in [-0.4, -0.2) is 9.38 Å². The van der Waals surface area contributed by atoms with E-state index < -0.39 is 0 Å². The van der Waals surface area contributed by atoms with E-state index in [-0.39, 0.29) is 5.82 Å². The van der Waals surface area contributed by atoms with Gasteiger partial charge in [-0.05, 0) is 26.0 Å². The maximum Gasteiger partial charge on any atom is 0.194 e. The quantitative estimate of drug-likeness (QED) is 0.788. The number of hydrogen-bond acceptors (Lipinski definition) is 3. The molecule has 0 spiro atoms. The zero-order valence-electron chi connectivity index (χ0n) is 10.8. The van der Waals surface area contributed by atoms with Crippen LogP contribution >= 0.6 is 11.3 Å². The van der Waals surface area contributed by atoms with E-state index in [4.69, 9.17) is 0 Å². The molecule has 5 heteroatoms. The molecular weight excluding hydrogens is 261 g/mol. The summed E-state index contributed by atoms with van der Waals surface area (Å²) < 4.78 is 15.6. The van der Waals surface area contributed by atoms with E-state index in [1.807, 2.05) is 13.0 Å². The Morgan fingerprint density at radius 3 is 2.89 bits per heavy atom. The minimum absolute atomic E-state index is 0.234. The average molecular weight is 275 g/mol. The fourth-order valence-electron chi connectivity index (χ4n) is 2.11. The second-order valence-corrected chi connectivity index (χ2v) is 5.68. The topological polar surface area (TPSA) is 29.3 Å². The molecule has 0 unspecified atom stereocenters. The third-order valence-corrected chi connectivity index (χ3v) is 3.96. The van der Waals surface area contributed by atoms with Crippen LogP contribution in [0.5, 0.6) is 0 Å². The van der Waals surface area contributed by atoms with Crippen molar-refractivity contribution in [3.8, 4) is 0 Å². The summed E-state index contributed by atoms with van der Waals surface area (Å²) in [6.45, 7) is 4.60. The average Bonchev–Trinajstić information content (AvgIpc) is 2.84. The number of aromatic nitrogens is 2. The van der Waals surface area contributed by atoms with Crippen molar-refractivity contribution in [2.45, 2.75) is 20.4 Å². The molecule has 1 aromatic carbocycles. The second-order valence-electron chi connectivity index (χ2n) is 4.47. The lowest BCUT2D eigenvalue weighted by Crippen LogP contribution is -2.04. The number of rotatable bonds is 3. The van der Waals surface area contributed by atoms with Crippen LogP contribution in [0.4, 0.5) is 10.1 Å². The Hall–Kier alpha value is -1.88. The highest BCUT2D eigenvalue weighted by Crippen LogP contribution is 2.22. The Bertz CT molecular complexity index is 729. The highest BCUT2D eigenvalue weighted by molar-refractivity contribution is 7.17. The molecule has 3 aromatic rings. The van der Waals surface area contributed by atoms with Crippen molar-refractivity contribution in [2.75, 3.05) is 5.32 Å². The van der Waals surface area contributed by atoms with Gasteiger partial charge < -0.3 is 5.32 Å². The molecule has 0 amide bonds. The van der Waals surface area contributed by atoms with Crippen LogP contribution in [-0.2, 0) is 6.54 Å². The number of halogens is 1. The first kappa shape index (κ1) is 12.2. The molecule has 1 N–H and O–H groups in total. The Kier molecular flexibility index (Phi) is 2.98. The number of nitrogens with one attached hydrogen (secondary N) is 1. The predicted octanol–water partition coefficient (Wildman–Crippen LogP) is 3.76. The number of imidazole rings is 1. The number of fused-ring (bicyclic) bond motifs is 1. The minimum atomic E-state index is -0.234. The molecule has 0 fully saturated rings. The van der Waals surface area contributed by atoms with E-state index in [0.29, 0.717) is 12.2 Å². The van der Waals surface area contributed by atoms with Gasteiger partial charge in [0.05, 0.1) is 23.6 Å². The molecule has 0 radical (unpaired) electrons. The molecule has 0 saturated heterocycles. The summed E-state index contributed by atoms with van der Waals surface area (Å²) in [7, 11) is 0. The fourth-order valence-corrected chi connectivity index (χ4v) is 3.00. The third-order valence-electron chi connectivity index (χ3n) is 3.06. The summed E-state index contributed by atoms with van der Waals surface area (Å²) in [5, 5.41) is 3.13. The van der Waals surface area contributed by atoms with Crippen LogP contribution in [0.15, 0.2) is 30.5 Å². The molecule has 2 heterocycles. The fraction of sp³-hybridized carbons (Fsp3) is 0.214. The minimum Gasteiger partial charge on any atom is -0.377 e. The van der Waals surface area contributed by atoms with Gasteiger partial charge in [0.2, 0.25) is 0 Å². The van der Waals surface area contributed by atoms with E-state index >= 15 is 0 Å². The Morgan fingerprint density at radius 2 is 2.11 bits per heavy atom. The predicted molar refractivity (Wildman–Crippen MR) is 76.3 cm³/mol. The van der Waals surface area contributed by atoms with Gasteiger partial charge in [-0.2, -0.15) is 0 Å². The molecule has 0 aliphatic heterocycles. The molecular formula is C14H14FN3S. The summed E-state index contributed by atoms with van der Waals surface area (Å²) in [5.74, 6) is -0.234. The van der Waals surface area contributed by atoms with E-state index in [2.05, 4.69) is 27.8 Å². The summed E-state index contributed by atoms with van der Waals surface area (Å²) in [6.07, 6.45) is 2.07. The maximum atomic E-state index is 13.6. The number of hydrogen-bond donors (Lipinski definition) is 1. The number of thiazole rings is 1. The molecule has 3 rings (SSSR count). The van der Waals surface area contributed by atoms with Gasteiger partial charge >= 0.3 is 0 Å². The van der Waals surface area contributed by atoms with Crippen LogP contribution in [0.3, 0.4) is 0 Å². The van der Waals surface area contributed by atoms with Crippen molar-refractivity contribution < 1.29 is 4.39 Å². The second kappa shape index (κ2) is 4.66. The van der Waals surface area contributed by atoms with Crippen LogP contribution in [0, 0.1) is 19.7 Å². The van der Waals surface area contributed by atoms with Gasteiger partial charge in [-0.3, -0.25) is 4.40 Å². The number of nitrogens with zero attached hydrogens (tertiary/aromatic N) is 2. The summed E-state index contributed by atoms with van der Waals surface area (Å²) >= 11 is 1.66. The monoisotopic (exact) mass is 275 g/mol. The van der Waals surface area contributed by atoms with Crippen molar-refractivity contribution in [1.29, 1.82) is 0 Å². The van der Waals surface area contributed by atoms with Gasteiger partial charge in [0.1, 0.15) is 5.82 Å². The molecule has 0 atom stereocenters. The number of aryl methyl sites for hydroxylation is 2. The van der Waals surface area contributed by atoms with E-state index in [1.54, 1.807) is 23.5 Å². The van der Waals surface area contributed by atoms with Crippen LogP contribution < -0.4 is 5.32 Å². The zero-order chi connectivity index (χ0) is 13.4. The number of benzene rings is 1. The van der Waals surface area contributed by atoms with Crippen molar-refractivity contribution in [3.63, 3.8) is 0 Å². The molecule has 0 aliphatic carbocycles. The van der Waals surface area contributed by atoms with Crippen molar-refractivity contribution in [1.82, 2.24) is 9.38 Å². The smallest absolute Gasteiger partial charge is 0.194 e. The summed E-state index contributed by atoms with van der Waals surface area (Å²) in [5.41, 5.74) is 2.57. The summed E-state index contributed by atoms with van der Waals surface area (Å²) in [4.78, 5) is 6.72. The third kappa shape index (κ3) is 2.21. The van der Waals surface area contributed by atoms with Gasteiger partial charge in [-0.1, -0.05) is 12.1 Å². The lowest BCUT2D eigenvalue weighted by Gasteiger charge is -2.07. The van der Waals surface area contributed by atoms with Crippen molar-refractivity contribution in [3.05, 3.63) is 52.5 Å². The largest absolute Gasteiger partial charge is 0.377 e. The van der Waals surface area contributed by atoms with E-state index in [9.17, 15) is 4.39 Å². The van der Waals surface area contributed by atoms with Crippen molar-refractivity contribution in [2.24, 2.45) is 0 Å². The van der Waals surface area contributed by atoms with E-state index in [0.717, 1.165) is 16.3 Å². The first-order valence-electron chi connectivity index (χ1n) is 6.07. The van der Waals surface area contributed by atoms with Gasteiger partial charge in [0.25, 0.3) is 0 Å². The van der Waals surface area contributed by atoms with Gasteiger partial charge in [0, 0.05) is 11.1 Å². The Balaban J connectivity index is 1.89. The molecule has 0 bridgehead atoms. The highest BCUT2D eigenvalue weighted by atomic mass is 32.1. The normalized spacial score (nSPS) is 11.1. The first-order chi connectivity index (χ1) is 9.15. The van der Waals surface area contributed by atoms with Gasteiger partial charge in [-0.25, -0.2) is 9.37 Å². The lowest BCUT2D eigenvalue weighted by atomic mass is 10.3.